The van der Waals surface area contributed by atoms with Crippen LogP contribution in [0.5, 0.6) is 0 Å². The van der Waals surface area contributed by atoms with Gasteiger partial charge in [0.1, 0.15) is 6.10 Å². The van der Waals surface area contributed by atoms with Crippen LogP contribution in [-0.2, 0) is 9.47 Å². The second-order valence-electron chi connectivity index (χ2n) is 4.36. The van der Waals surface area contributed by atoms with Gasteiger partial charge in [-0.3, -0.25) is 0 Å². The first-order valence-corrected chi connectivity index (χ1v) is 6.31. The van der Waals surface area contributed by atoms with Gasteiger partial charge in [0, 0.05) is 6.54 Å². The van der Waals surface area contributed by atoms with Crippen LogP contribution >= 0.6 is 0 Å². The summed E-state index contributed by atoms with van der Waals surface area (Å²) in [5.41, 5.74) is 2.33. The summed E-state index contributed by atoms with van der Waals surface area (Å²) in [6, 6.07) is 8.11. The molecule has 0 N–H and O–H groups in total. The monoisotopic (exact) mass is 249 g/mol. The minimum Gasteiger partial charge on any atom is -0.450 e. The molecule has 2 rings (SSSR count). The lowest BCUT2D eigenvalue weighted by Crippen LogP contribution is -2.42. The zero-order chi connectivity index (χ0) is 13.0. The highest BCUT2D eigenvalue weighted by Gasteiger charge is 2.26. The van der Waals surface area contributed by atoms with Crippen molar-refractivity contribution < 1.29 is 14.3 Å². The molecule has 1 amide bonds. The minimum absolute atomic E-state index is 0.0515. The molecule has 1 fully saturated rings. The van der Waals surface area contributed by atoms with Crippen LogP contribution in [0.3, 0.4) is 0 Å². The second-order valence-corrected chi connectivity index (χ2v) is 4.36. The third-order valence-corrected chi connectivity index (χ3v) is 3.13. The number of rotatable bonds is 2. The molecule has 0 aliphatic carbocycles. The fourth-order valence-electron chi connectivity index (χ4n) is 2.17. The van der Waals surface area contributed by atoms with Gasteiger partial charge in [-0.2, -0.15) is 0 Å². The van der Waals surface area contributed by atoms with E-state index in [0.29, 0.717) is 26.3 Å². The Hall–Kier alpha value is -1.55. The number of hydrogen-bond donors (Lipinski definition) is 0. The maximum absolute atomic E-state index is 11.7. The van der Waals surface area contributed by atoms with Crippen LogP contribution in [-0.4, -0.2) is 37.3 Å². The molecule has 1 aromatic rings. The SMILES string of the molecule is CCOC(=O)N1CCO[C@@H](c2ccccc2C)C1. The Kier molecular flexibility index (Phi) is 4.20. The number of benzene rings is 1. The average Bonchev–Trinajstić information content (AvgIpc) is 2.40. The molecule has 1 aliphatic rings. The molecule has 1 atom stereocenters. The Balaban J connectivity index is 2.07. The fourth-order valence-corrected chi connectivity index (χ4v) is 2.17. The Morgan fingerprint density at radius 1 is 1.50 bits per heavy atom. The number of ether oxygens (including phenoxy) is 2. The summed E-state index contributed by atoms with van der Waals surface area (Å²) in [6.07, 6.45) is -0.302. The zero-order valence-corrected chi connectivity index (χ0v) is 10.9. The lowest BCUT2D eigenvalue weighted by molar-refractivity contribution is -0.0282. The van der Waals surface area contributed by atoms with E-state index >= 15 is 0 Å². The highest BCUT2D eigenvalue weighted by Crippen LogP contribution is 2.25. The largest absolute Gasteiger partial charge is 0.450 e. The molecular formula is C14H19NO3. The number of aryl methyl sites for hydroxylation is 1. The molecule has 1 saturated heterocycles. The van der Waals surface area contributed by atoms with E-state index < -0.39 is 0 Å². The van der Waals surface area contributed by atoms with Crippen LogP contribution < -0.4 is 0 Å². The van der Waals surface area contributed by atoms with Crippen LogP contribution in [0.25, 0.3) is 0 Å². The first-order valence-electron chi connectivity index (χ1n) is 6.31. The topological polar surface area (TPSA) is 38.8 Å². The summed E-state index contributed by atoms with van der Waals surface area (Å²) in [5.74, 6) is 0. The number of nitrogens with zero attached hydrogens (tertiary/aromatic N) is 1. The van der Waals surface area contributed by atoms with E-state index in [1.54, 1.807) is 4.90 Å². The maximum Gasteiger partial charge on any atom is 0.409 e. The normalized spacial score (nSPS) is 19.7. The second kappa shape index (κ2) is 5.87. The van der Waals surface area contributed by atoms with Crippen molar-refractivity contribution in [1.82, 2.24) is 4.90 Å². The summed E-state index contributed by atoms with van der Waals surface area (Å²) in [7, 11) is 0. The summed E-state index contributed by atoms with van der Waals surface area (Å²) in [4.78, 5) is 13.4. The van der Waals surface area contributed by atoms with Crippen LogP contribution in [0, 0.1) is 6.92 Å². The molecule has 0 bridgehead atoms. The summed E-state index contributed by atoms with van der Waals surface area (Å²) < 4.78 is 10.8. The summed E-state index contributed by atoms with van der Waals surface area (Å²) in [6.45, 7) is 5.99. The Morgan fingerprint density at radius 3 is 3.00 bits per heavy atom. The molecule has 0 spiro atoms. The molecular weight excluding hydrogens is 230 g/mol. The van der Waals surface area contributed by atoms with Crippen LogP contribution in [0.1, 0.15) is 24.2 Å². The molecule has 1 aromatic carbocycles. The molecule has 0 radical (unpaired) electrons. The summed E-state index contributed by atoms with van der Waals surface area (Å²) in [5, 5.41) is 0. The average molecular weight is 249 g/mol. The molecule has 0 saturated carbocycles. The lowest BCUT2D eigenvalue weighted by atomic mass is 10.0. The van der Waals surface area contributed by atoms with E-state index in [0.717, 1.165) is 5.56 Å². The van der Waals surface area contributed by atoms with Gasteiger partial charge in [0.05, 0.1) is 19.8 Å². The molecule has 1 heterocycles. The van der Waals surface area contributed by atoms with E-state index in [-0.39, 0.29) is 12.2 Å². The predicted octanol–water partition coefficient (Wildman–Crippen LogP) is 2.52. The third-order valence-electron chi connectivity index (χ3n) is 3.13. The first-order chi connectivity index (χ1) is 8.72. The number of amides is 1. The van der Waals surface area contributed by atoms with Gasteiger partial charge in [0.15, 0.2) is 0 Å². The van der Waals surface area contributed by atoms with Gasteiger partial charge in [-0.25, -0.2) is 4.79 Å². The molecule has 4 nitrogen and oxygen atoms in total. The van der Waals surface area contributed by atoms with E-state index in [2.05, 4.69) is 19.1 Å². The van der Waals surface area contributed by atoms with Crippen molar-refractivity contribution >= 4 is 6.09 Å². The molecule has 4 heteroatoms. The Labute approximate surface area is 107 Å². The van der Waals surface area contributed by atoms with E-state index in [1.165, 1.54) is 5.56 Å². The van der Waals surface area contributed by atoms with Crippen molar-refractivity contribution in [2.24, 2.45) is 0 Å². The summed E-state index contributed by atoms with van der Waals surface area (Å²) >= 11 is 0. The first kappa shape index (κ1) is 12.9. The van der Waals surface area contributed by atoms with Gasteiger partial charge in [0.2, 0.25) is 0 Å². The fraction of sp³-hybridized carbons (Fsp3) is 0.500. The van der Waals surface area contributed by atoms with Crippen LogP contribution in [0.4, 0.5) is 4.79 Å². The van der Waals surface area contributed by atoms with Gasteiger partial charge in [0.25, 0.3) is 0 Å². The van der Waals surface area contributed by atoms with Gasteiger partial charge < -0.3 is 14.4 Å². The maximum atomic E-state index is 11.7. The van der Waals surface area contributed by atoms with Crippen molar-refractivity contribution in [3.63, 3.8) is 0 Å². The van der Waals surface area contributed by atoms with Gasteiger partial charge in [-0.15, -0.1) is 0 Å². The molecule has 0 unspecified atom stereocenters. The minimum atomic E-state index is -0.251. The van der Waals surface area contributed by atoms with Crippen molar-refractivity contribution in [1.29, 1.82) is 0 Å². The number of carbonyl (C=O) groups excluding carboxylic acids is 1. The number of hydrogen-bond acceptors (Lipinski definition) is 3. The molecule has 18 heavy (non-hydrogen) atoms. The van der Waals surface area contributed by atoms with Crippen LogP contribution in [0.2, 0.25) is 0 Å². The smallest absolute Gasteiger partial charge is 0.409 e. The van der Waals surface area contributed by atoms with E-state index in [4.69, 9.17) is 9.47 Å². The lowest BCUT2D eigenvalue weighted by Gasteiger charge is -2.33. The molecule has 98 valence electrons. The molecule has 0 aromatic heterocycles. The molecule has 1 aliphatic heterocycles. The Bertz CT molecular complexity index is 419. The van der Waals surface area contributed by atoms with E-state index in [9.17, 15) is 4.79 Å². The van der Waals surface area contributed by atoms with E-state index in [1.807, 2.05) is 19.1 Å². The zero-order valence-electron chi connectivity index (χ0n) is 10.9. The standard InChI is InChI=1S/C14H19NO3/c1-3-17-14(16)15-8-9-18-13(10-15)12-7-5-4-6-11(12)2/h4-7,13H,3,8-10H2,1-2H3/t13-/m1/s1. The quantitative estimate of drug-likeness (QED) is 0.808. The predicted molar refractivity (Wildman–Crippen MR) is 68.5 cm³/mol. The number of morpholine rings is 1. The van der Waals surface area contributed by atoms with Crippen molar-refractivity contribution in [3.8, 4) is 0 Å². The highest BCUT2D eigenvalue weighted by atomic mass is 16.6. The van der Waals surface area contributed by atoms with Gasteiger partial charge >= 0.3 is 6.09 Å². The van der Waals surface area contributed by atoms with Gasteiger partial charge in [-0.1, -0.05) is 24.3 Å². The number of carbonyl (C=O) groups is 1. The Morgan fingerprint density at radius 2 is 2.28 bits per heavy atom. The third kappa shape index (κ3) is 2.82. The van der Waals surface area contributed by atoms with Crippen LogP contribution in [0.15, 0.2) is 24.3 Å². The van der Waals surface area contributed by atoms with Crippen molar-refractivity contribution in [2.75, 3.05) is 26.3 Å². The highest BCUT2D eigenvalue weighted by molar-refractivity contribution is 5.67. The van der Waals surface area contributed by atoms with Crippen molar-refractivity contribution in [3.05, 3.63) is 35.4 Å². The van der Waals surface area contributed by atoms with Crippen molar-refractivity contribution in [2.45, 2.75) is 20.0 Å². The van der Waals surface area contributed by atoms with Gasteiger partial charge in [-0.05, 0) is 25.0 Å².